The molecule has 2 N–H and O–H groups in total. The highest BCUT2D eigenvalue weighted by Gasteiger charge is 2.37. The molecule has 0 saturated heterocycles. The molecule has 0 radical (unpaired) electrons. The number of rotatable bonds is 3. The van der Waals surface area contributed by atoms with Crippen LogP contribution in [-0.2, 0) is 19.4 Å². The monoisotopic (exact) mass is 191 g/mol. The van der Waals surface area contributed by atoms with Gasteiger partial charge in [-0.3, -0.25) is 0 Å². The van der Waals surface area contributed by atoms with E-state index in [9.17, 15) is 0 Å². The molecule has 0 bridgehead atoms. The number of hydrogen-bond acceptors (Lipinski definition) is 2. The van der Waals surface area contributed by atoms with Gasteiger partial charge in [0.2, 0.25) is 0 Å². The molecule has 0 atom stereocenters. The zero-order valence-corrected chi connectivity index (χ0v) is 8.50. The van der Waals surface area contributed by atoms with Crippen LogP contribution in [-0.4, -0.2) is 15.1 Å². The Hall–Kier alpha value is -0.830. The van der Waals surface area contributed by atoms with Gasteiger partial charge in [0.25, 0.3) is 0 Å². The van der Waals surface area contributed by atoms with E-state index in [1.807, 2.05) is 6.20 Å². The Morgan fingerprint density at radius 2 is 2.36 bits per heavy atom. The second-order valence-electron chi connectivity index (χ2n) is 4.78. The van der Waals surface area contributed by atoms with Gasteiger partial charge >= 0.3 is 0 Å². The summed E-state index contributed by atoms with van der Waals surface area (Å²) in [5.74, 6) is 1.26. The van der Waals surface area contributed by atoms with E-state index < -0.39 is 0 Å². The van der Waals surface area contributed by atoms with Gasteiger partial charge in [0.15, 0.2) is 0 Å². The molecule has 2 aliphatic rings. The second-order valence-corrected chi connectivity index (χ2v) is 4.78. The summed E-state index contributed by atoms with van der Waals surface area (Å²) in [4.78, 5) is 4.48. The first-order chi connectivity index (χ1) is 6.77. The summed E-state index contributed by atoms with van der Waals surface area (Å²) in [5, 5.41) is 0. The van der Waals surface area contributed by atoms with Crippen molar-refractivity contribution in [2.24, 2.45) is 5.73 Å². The first kappa shape index (κ1) is 8.48. The van der Waals surface area contributed by atoms with Crippen LogP contribution >= 0.6 is 0 Å². The minimum Gasteiger partial charge on any atom is -0.332 e. The Bertz CT molecular complexity index is 349. The maximum atomic E-state index is 6.07. The third-order valence-electron chi connectivity index (χ3n) is 3.57. The number of hydrogen-bond donors (Lipinski definition) is 1. The molecule has 1 aromatic rings. The summed E-state index contributed by atoms with van der Waals surface area (Å²) in [6.45, 7) is 1.17. The molecule has 3 heteroatoms. The fourth-order valence-electron chi connectivity index (χ4n) is 2.32. The molecular weight excluding hydrogens is 174 g/mol. The quantitative estimate of drug-likeness (QED) is 0.781. The van der Waals surface area contributed by atoms with Gasteiger partial charge < -0.3 is 10.3 Å². The predicted molar refractivity (Wildman–Crippen MR) is 55.0 cm³/mol. The van der Waals surface area contributed by atoms with Crippen LogP contribution in [0.5, 0.6) is 0 Å². The standard InChI is InChI=1S/C11H17N3/c12-11(5-6-11)4-3-10-13-8-9-2-1-7-14(9)10/h8H,1-7,12H2. The van der Waals surface area contributed by atoms with Gasteiger partial charge in [-0.2, -0.15) is 0 Å². The number of nitrogens with zero attached hydrogens (tertiary/aromatic N) is 2. The first-order valence-corrected chi connectivity index (χ1v) is 5.59. The molecule has 2 heterocycles. The normalized spacial score (nSPS) is 22.4. The van der Waals surface area contributed by atoms with Gasteiger partial charge in [0, 0.05) is 30.4 Å². The molecule has 0 spiro atoms. The summed E-state index contributed by atoms with van der Waals surface area (Å²) < 4.78 is 2.38. The van der Waals surface area contributed by atoms with Crippen LogP contribution in [0.3, 0.4) is 0 Å². The molecule has 1 fully saturated rings. The van der Waals surface area contributed by atoms with Gasteiger partial charge in [-0.15, -0.1) is 0 Å². The molecule has 0 unspecified atom stereocenters. The highest BCUT2D eigenvalue weighted by molar-refractivity contribution is 5.11. The molecule has 3 nitrogen and oxygen atoms in total. The summed E-state index contributed by atoms with van der Waals surface area (Å²) in [6.07, 6.45) is 9.14. The summed E-state index contributed by atoms with van der Waals surface area (Å²) in [5.41, 5.74) is 7.66. The van der Waals surface area contributed by atoms with Crippen LogP contribution in [0.4, 0.5) is 0 Å². The molecule has 0 aromatic carbocycles. The Kier molecular flexibility index (Phi) is 1.71. The summed E-state index contributed by atoms with van der Waals surface area (Å²) in [6, 6.07) is 0. The Labute approximate surface area is 84.3 Å². The predicted octanol–water partition coefficient (Wildman–Crippen LogP) is 1.25. The van der Waals surface area contributed by atoms with Gasteiger partial charge in [0.05, 0.1) is 0 Å². The Morgan fingerprint density at radius 1 is 1.50 bits per heavy atom. The Balaban J connectivity index is 1.71. The van der Waals surface area contributed by atoms with Crippen molar-refractivity contribution in [1.29, 1.82) is 0 Å². The van der Waals surface area contributed by atoms with E-state index >= 15 is 0 Å². The molecule has 1 aliphatic heterocycles. The number of aromatic nitrogens is 2. The van der Waals surface area contributed by atoms with Crippen LogP contribution < -0.4 is 5.73 Å². The van der Waals surface area contributed by atoms with Gasteiger partial charge in [0.1, 0.15) is 5.82 Å². The van der Waals surface area contributed by atoms with Crippen LogP contribution in [0.2, 0.25) is 0 Å². The van der Waals surface area contributed by atoms with E-state index in [1.54, 1.807) is 0 Å². The van der Waals surface area contributed by atoms with E-state index in [2.05, 4.69) is 9.55 Å². The minimum absolute atomic E-state index is 0.172. The summed E-state index contributed by atoms with van der Waals surface area (Å²) in [7, 11) is 0. The van der Waals surface area contributed by atoms with E-state index in [-0.39, 0.29) is 5.54 Å². The number of aryl methyl sites for hydroxylation is 2. The van der Waals surface area contributed by atoms with Gasteiger partial charge in [-0.05, 0) is 32.1 Å². The zero-order chi connectivity index (χ0) is 9.60. The van der Waals surface area contributed by atoms with Crippen molar-refractivity contribution in [1.82, 2.24) is 9.55 Å². The molecule has 1 aromatic heterocycles. The maximum absolute atomic E-state index is 6.07. The van der Waals surface area contributed by atoms with Crippen molar-refractivity contribution in [2.75, 3.05) is 0 Å². The van der Waals surface area contributed by atoms with Crippen LogP contribution in [0.1, 0.15) is 37.2 Å². The smallest absolute Gasteiger partial charge is 0.108 e. The highest BCUT2D eigenvalue weighted by Crippen LogP contribution is 2.36. The van der Waals surface area contributed by atoms with Crippen molar-refractivity contribution < 1.29 is 0 Å². The third-order valence-corrected chi connectivity index (χ3v) is 3.57. The lowest BCUT2D eigenvalue weighted by atomic mass is 10.1. The van der Waals surface area contributed by atoms with E-state index in [0.29, 0.717) is 0 Å². The van der Waals surface area contributed by atoms with Crippen molar-refractivity contribution in [2.45, 2.75) is 50.6 Å². The van der Waals surface area contributed by atoms with Crippen molar-refractivity contribution in [3.63, 3.8) is 0 Å². The number of nitrogens with two attached hydrogens (primary N) is 1. The molecule has 76 valence electrons. The van der Waals surface area contributed by atoms with Crippen molar-refractivity contribution in [3.05, 3.63) is 17.7 Å². The van der Waals surface area contributed by atoms with Gasteiger partial charge in [-0.1, -0.05) is 0 Å². The first-order valence-electron chi connectivity index (χ1n) is 5.59. The van der Waals surface area contributed by atoms with Crippen molar-refractivity contribution >= 4 is 0 Å². The Morgan fingerprint density at radius 3 is 3.14 bits per heavy atom. The molecule has 14 heavy (non-hydrogen) atoms. The average molecular weight is 191 g/mol. The second kappa shape index (κ2) is 2.83. The fraction of sp³-hybridized carbons (Fsp3) is 0.727. The largest absolute Gasteiger partial charge is 0.332 e. The lowest BCUT2D eigenvalue weighted by Gasteiger charge is -2.08. The molecule has 0 amide bonds. The van der Waals surface area contributed by atoms with Gasteiger partial charge in [-0.25, -0.2) is 4.98 Å². The average Bonchev–Trinajstić information content (AvgIpc) is 2.65. The summed E-state index contributed by atoms with van der Waals surface area (Å²) >= 11 is 0. The molecular formula is C11H17N3. The topological polar surface area (TPSA) is 43.8 Å². The van der Waals surface area contributed by atoms with Crippen LogP contribution in [0, 0.1) is 0 Å². The fourth-order valence-corrected chi connectivity index (χ4v) is 2.32. The zero-order valence-electron chi connectivity index (χ0n) is 8.50. The van der Waals surface area contributed by atoms with E-state index in [4.69, 9.17) is 5.73 Å². The van der Waals surface area contributed by atoms with Crippen LogP contribution in [0.25, 0.3) is 0 Å². The highest BCUT2D eigenvalue weighted by atomic mass is 15.1. The lowest BCUT2D eigenvalue weighted by molar-refractivity contribution is 0.575. The SMILES string of the molecule is NC1(CCc2ncc3n2CCC3)CC1. The number of imidazole rings is 1. The minimum atomic E-state index is 0.172. The van der Waals surface area contributed by atoms with E-state index in [1.165, 1.54) is 43.7 Å². The molecule has 1 aliphatic carbocycles. The maximum Gasteiger partial charge on any atom is 0.108 e. The lowest BCUT2D eigenvalue weighted by Crippen LogP contribution is -2.22. The molecule has 1 saturated carbocycles. The van der Waals surface area contributed by atoms with Crippen molar-refractivity contribution in [3.8, 4) is 0 Å². The molecule has 3 rings (SSSR count). The van der Waals surface area contributed by atoms with Crippen LogP contribution in [0.15, 0.2) is 6.20 Å². The van der Waals surface area contributed by atoms with E-state index in [0.717, 1.165) is 12.8 Å². The third kappa shape index (κ3) is 1.36. The number of fused-ring (bicyclic) bond motifs is 1.